The molecule has 0 spiro atoms. The van der Waals surface area contributed by atoms with Crippen molar-refractivity contribution in [3.05, 3.63) is 33.3 Å². The van der Waals surface area contributed by atoms with E-state index in [1.54, 1.807) is 0 Å². The normalized spacial score (nSPS) is 10.4. The molecule has 10 heteroatoms. The van der Waals surface area contributed by atoms with Gasteiger partial charge < -0.3 is 4.55 Å². The van der Waals surface area contributed by atoms with E-state index in [1.165, 1.54) is 10.8 Å². The summed E-state index contributed by atoms with van der Waals surface area (Å²) in [5.74, 6) is 0. The molecule has 0 aliphatic rings. The standard InChI is InChI=1S/C6H5ClN2O5S.Na/c7-4-1-2-6(9(10)11)5(3-4)8-15(12,13)14;/h1-3,8H,(H,12,13,14);/q;+1/p-1. The summed E-state index contributed by atoms with van der Waals surface area (Å²) in [4.78, 5) is 9.61. The van der Waals surface area contributed by atoms with Crippen molar-refractivity contribution in [2.75, 3.05) is 4.72 Å². The van der Waals surface area contributed by atoms with Crippen LogP contribution in [0.5, 0.6) is 0 Å². The summed E-state index contributed by atoms with van der Waals surface area (Å²) in [5, 5.41) is 10.5. The Balaban J connectivity index is 0.00000225. The topological polar surface area (TPSA) is 112 Å². The fourth-order valence-corrected chi connectivity index (χ4v) is 1.49. The van der Waals surface area contributed by atoms with Crippen molar-refractivity contribution in [2.45, 2.75) is 0 Å². The van der Waals surface area contributed by atoms with Gasteiger partial charge in [-0.25, -0.2) is 8.42 Å². The minimum absolute atomic E-state index is 0. The molecular formula is C6H4ClN2NaO5S. The SMILES string of the molecule is O=[N+]([O-])c1ccc(Cl)cc1NS(=O)(=O)[O-].[Na+]. The fraction of sp³-hybridized carbons (Fsp3) is 0. The number of nitro benzene ring substituents is 1. The number of halogens is 1. The van der Waals surface area contributed by atoms with Gasteiger partial charge in [0.2, 0.25) is 0 Å². The number of anilines is 1. The third-order valence-electron chi connectivity index (χ3n) is 1.39. The third kappa shape index (κ3) is 4.64. The van der Waals surface area contributed by atoms with Gasteiger partial charge in [-0.15, -0.1) is 0 Å². The number of hydrogen-bond donors (Lipinski definition) is 1. The molecule has 0 amide bonds. The van der Waals surface area contributed by atoms with Crippen LogP contribution >= 0.6 is 11.6 Å². The number of rotatable bonds is 3. The molecular weight excluding hydrogens is 271 g/mol. The van der Waals surface area contributed by atoms with Crippen LogP contribution in [0.2, 0.25) is 5.02 Å². The smallest absolute Gasteiger partial charge is 0.731 e. The summed E-state index contributed by atoms with van der Waals surface area (Å²) >= 11 is 5.49. The molecule has 0 bridgehead atoms. The van der Waals surface area contributed by atoms with Gasteiger partial charge in [-0.05, 0) is 12.1 Å². The minimum atomic E-state index is -4.81. The second-order valence-corrected chi connectivity index (χ2v) is 4.02. The first-order valence-corrected chi connectivity index (χ1v) is 5.26. The average molecular weight is 275 g/mol. The van der Waals surface area contributed by atoms with Crippen LogP contribution in [0, 0.1) is 10.1 Å². The Bertz CT molecular complexity index is 506. The number of nitrogens with one attached hydrogen (secondary N) is 1. The van der Waals surface area contributed by atoms with Crippen molar-refractivity contribution in [2.24, 2.45) is 0 Å². The zero-order valence-electron chi connectivity index (χ0n) is 8.01. The van der Waals surface area contributed by atoms with Gasteiger partial charge in [0, 0.05) is 11.1 Å². The van der Waals surface area contributed by atoms with Crippen LogP contribution < -0.4 is 34.3 Å². The van der Waals surface area contributed by atoms with Crippen LogP contribution in [-0.2, 0) is 10.3 Å². The average Bonchev–Trinajstić information content (AvgIpc) is 1.99. The van der Waals surface area contributed by atoms with E-state index < -0.39 is 26.6 Å². The quantitative estimate of drug-likeness (QED) is 0.300. The summed E-state index contributed by atoms with van der Waals surface area (Å²) in [6.45, 7) is 0. The summed E-state index contributed by atoms with van der Waals surface area (Å²) in [6.07, 6.45) is 0. The fourth-order valence-electron chi connectivity index (χ4n) is 0.884. The van der Waals surface area contributed by atoms with E-state index in [1.807, 2.05) is 0 Å². The zero-order chi connectivity index (χ0) is 11.6. The van der Waals surface area contributed by atoms with Gasteiger partial charge in [-0.1, -0.05) is 11.6 Å². The first kappa shape index (κ1) is 15.6. The molecule has 0 atom stereocenters. The van der Waals surface area contributed by atoms with Crippen LogP contribution in [0.1, 0.15) is 0 Å². The van der Waals surface area contributed by atoms with Gasteiger partial charge in [0.1, 0.15) is 5.69 Å². The predicted molar refractivity (Wildman–Crippen MR) is 51.4 cm³/mol. The maximum atomic E-state index is 10.4. The van der Waals surface area contributed by atoms with Crippen LogP contribution in [0.3, 0.4) is 0 Å². The zero-order valence-corrected chi connectivity index (χ0v) is 11.6. The molecule has 0 aliphatic carbocycles. The van der Waals surface area contributed by atoms with Crippen molar-refractivity contribution >= 4 is 33.3 Å². The Morgan fingerprint density at radius 3 is 2.38 bits per heavy atom. The van der Waals surface area contributed by atoms with Gasteiger partial charge in [-0.2, -0.15) is 0 Å². The van der Waals surface area contributed by atoms with E-state index in [2.05, 4.69) is 0 Å². The van der Waals surface area contributed by atoms with E-state index in [-0.39, 0.29) is 34.6 Å². The molecule has 7 nitrogen and oxygen atoms in total. The first-order chi connectivity index (χ1) is 6.79. The van der Waals surface area contributed by atoms with Crippen LogP contribution in [-0.4, -0.2) is 17.9 Å². The third-order valence-corrected chi connectivity index (χ3v) is 2.10. The summed E-state index contributed by atoms with van der Waals surface area (Å²) in [6, 6.07) is 3.19. The Morgan fingerprint density at radius 1 is 1.38 bits per heavy atom. The van der Waals surface area contributed by atoms with Gasteiger partial charge in [-0.3, -0.25) is 14.8 Å². The van der Waals surface area contributed by atoms with Crippen LogP contribution in [0.25, 0.3) is 0 Å². The van der Waals surface area contributed by atoms with E-state index in [0.717, 1.165) is 12.1 Å². The predicted octanol–water partition coefficient (Wildman–Crippen LogP) is -1.88. The second kappa shape index (κ2) is 5.80. The largest absolute Gasteiger partial charge is 1.00 e. The summed E-state index contributed by atoms with van der Waals surface area (Å²) < 4.78 is 32.5. The van der Waals surface area contributed by atoms with Crippen LogP contribution in [0.4, 0.5) is 11.4 Å². The van der Waals surface area contributed by atoms with Crippen molar-refractivity contribution in [3.63, 3.8) is 0 Å². The Hall–Kier alpha value is -0.380. The van der Waals surface area contributed by atoms with Gasteiger partial charge >= 0.3 is 29.6 Å². The van der Waals surface area contributed by atoms with Gasteiger partial charge in [0.25, 0.3) is 5.69 Å². The Kier molecular flexibility index (Phi) is 5.66. The molecule has 1 rings (SSSR count). The molecule has 0 fully saturated rings. The second-order valence-electron chi connectivity index (χ2n) is 2.47. The summed E-state index contributed by atoms with van der Waals surface area (Å²) in [5.41, 5.74) is -0.999. The molecule has 1 N–H and O–H groups in total. The van der Waals surface area contributed by atoms with E-state index in [4.69, 9.17) is 11.6 Å². The molecule has 0 aromatic heterocycles. The minimum Gasteiger partial charge on any atom is -0.731 e. The first-order valence-electron chi connectivity index (χ1n) is 3.47. The van der Waals surface area contributed by atoms with Crippen molar-refractivity contribution in [1.82, 2.24) is 0 Å². The van der Waals surface area contributed by atoms with Gasteiger partial charge in [0.15, 0.2) is 10.3 Å². The van der Waals surface area contributed by atoms with Gasteiger partial charge in [0.05, 0.1) is 4.92 Å². The molecule has 0 aliphatic heterocycles. The number of nitro groups is 1. The maximum absolute atomic E-state index is 10.4. The number of nitrogens with zero attached hydrogens (tertiary/aromatic N) is 1. The van der Waals surface area contributed by atoms with Crippen LogP contribution in [0.15, 0.2) is 18.2 Å². The molecule has 0 radical (unpaired) electrons. The molecule has 1 aromatic carbocycles. The van der Waals surface area contributed by atoms with Crippen molar-refractivity contribution in [3.8, 4) is 0 Å². The van der Waals surface area contributed by atoms with E-state index in [0.29, 0.717) is 0 Å². The molecule has 0 saturated carbocycles. The Labute approximate surface area is 118 Å². The Morgan fingerprint density at radius 2 is 1.94 bits per heavy atom. The molecule has 16 heavy (non-hydrogen) atoms. The number of hydrogen-bond acceptors (Lipinski definition) is 5. The van der Waals surface area contributed by atoms with Crippen molar-refractivity contribution < 1.29 is 47.5 Å². The molecule has 82 valence electrons. The van der Waals surface area contributed by atoms with Crippen molar-refractivity contribution in [1.29, 1.82) is 0 Å². The molecule has 0 heterocycles. The van der Waals surface area contributed by atoms with E-state index >= 15 is 0 Å². The monoisotopic (exact) mass is 274 g/mol. The number of benzene rings is 1. The molecule has 1 aromatic rings. The molecule has 0 unspecified atom stereocenters. The van der Waals surface area contributed by atoms with E-state index in [9.17, 15) is 23.1 Å². The maximum Gasteiger partial charge on any atom is 1.00 e. The summed E-state index contributed by atoms with van der Waals surface area (Å²) in [7, 11) is -4.81. The molecule has 0 saturated heterocycles.